The molecule has 2 fully saturated rings. The van der Waals surface area contributed by atoms with E-state index in [-0.39, 0.29) is 12.3 Å². The van der Waals surface area contributed by atoms with Gasteiger partial charge in [-0.15, -0.1) is 0 Å². The predicted molar refractivity (Wildman–Crippen MR) is 186 cm³/mol. The molecule has 0 aliphatic heterocycles. The van der Waals surface area contributed by atoms with Crippen LogP contribution in [0.25, 0.3) is 0 Å². The SMILES string of the molecule is C=C1[C@@H](OC(=O)C(OC(C)=O)C(c2ccccc2)N(C)C)CC(O)[C@]2(C)[C@@H]1C[C@@H]1C[C@H](OC(C)=O)C(C)=C([C@@H](OC(C)=O)[C@@H]2OC(C)=O)C1(C)C. The molecule has 3 aliphatic carbocycles. The number of carbonyl (C=O) groups is 5. The van der Waals surface area contributed by atoms with Gasteiger partial charge in [0.1, 0.15) is 12.2 Å². The maximum atomic E-state index is 14.1. The Morgan fingerprint density at radius 1 is 0.824 bits per heavy atom. The fraction of sp³-hybridized carbons (Fsp3) is 0.615. The molecule has 4 rings (SSSR count). The highest BCUT2D eigenvalue weighted by Gasteiger charge is 2.63. The number of aliphatic hydroxyl groups is 1. The molecule has 0 radical (unpaired) electrons. The summed E-state index contributed by atoms with van der Waals surface area (Å²) in [4.78, 5) is 66.0. The van der Waals surface area contributed by atoms with Crippen molar-refractivity contribution in [3.63, 3.8) is 0 Å². The van der Waals surface area contributed by atoms with Crippen molar-refractivity contribution in [1.29, 1.82) is 0 Å². The lowest BCUT2D eigenvalue weighted by Gasteiger charge is -2.59. The molecule has 0 amide bonds. The first-order chi connectivity index (χ1) is 23.7. The van der Waals surface area contributed by atoms with Crippen molar-refractivity contribution < 1.29 is 52.8 Å². The number of carbonyl (C=O) groups excluding carboxylic acids is 5. The van der Waals surface area contributed by atoms with E-state index in [0.717, 1.165) is 5.56 Å². The Hall–Kier alpha value is -4.03. The minimum absolute atomic E-state index is 0.116. The Labute approximate surface area is 300 Å². The zero-order chi connectivity index (χ0) is 38.2. The Morgan fingerprint density at radius 3 is 1.94 bits per heavy atom. The number of rotatable bonds is 9. The van der Waals surface area contributed by atoms with Crippen LogP contribution in [0.2, 0.25) is 0 Å². The summed E-state index contributed by atoms with van der Waals surface area (Å²) in [6, 6.07) is 8.44. The lowest BCUT2D eigenvalue weighted by atomic mass is 9.49. The van der Waals surface area contributed by atoms with Gasteiger partial charge in [-0.1, -0.05) is 57.7 Å². The number of likely N-dealkylation sites (N-methyl/N-ethyl adjacent to an activating group) is 1. The summed E-state index contributed by atoms with van der Waals surface area (Å²) in [5.41, 5.74) is 0.612. The monoisotopic (exact) mass is 711 g/mol. The van der Waals surface area contributed by atoms with Gasteiger partial charge in [0.05, 0.1) is 12.1 Å². The Bertz CT molecular complexity index is 1570. The second-order valence-corrected chi connectivity index (χ2v) is 15.2. The summed E-state index contributed by atoms with van der Waals surface area (Å²) >= 11 is 0. The maximum absolute atomic E-state index is 14.1. The summed E-state index contributed by atoms with van der Waals surface area (Å²) in [6.45, 7) is 17.1. The molecule has 1 N–H and O–H groups in total. The molecule has 1 aromatic carbocycles. The molecule has 12 heteroatoms. The second kappa shape index (κ2) is 15.3. The van der Waals surface area contributed by atoms with E-state index in [1.54, 1.807) is 25.9 Å². The van der Waals surface area contributed by atoms with E-state index >= 15 is 0 Å². The van der Waals surface area contributed by atoms with Gasteiger partial charge in [0.2, 0.25) is 6.10 Å². The standard InChI is InChI=1S/C39H53NO11/c1-20-28-17-27-18-29(47-22(3)41)21(2)32(38(27,7)8)34(48-23(4)42)36(50-25(6)44)39(28,9)31(45)19-30(20)51-37(46)35(49-24(5)43)33(40(10)11)26-15-13-12-14-16-26/h12-16,27-31,33-36,45H,1,17-19H2,2-11H3/t27-,28-,29+,30+,31?,33?,34-,35?,36+,39+/m1/s1. The van der Waals surface area contributed by atoms with Gasteiger partial charge in [-0.2, -0.15) is 0 Å². The van der Waals surface area contributed by atoms with Gasteiger partial charge in [0.25, 0.3) is 0 Å². The largest absolute Gasteiger partial charge is 0.458 e. The molecule has 0 spiro atoms. The average Bonchev–Trinajstić information content (AvgIpc) is 3.01. The van der Waals surface area contributed by atoms with Crippen LogP contribution < -0.4 is 0 Å². The van der Waals surface area contributed by atoms with Crippen LogP contribution in [0.3, 0.4) is 0 Å². The number of benzene rings is 1. The number of ether oxygens (including phenoxy) is 5. The summed E-state index contributed by atoms with van der Waals surface area (Å²) in [6.07, 6.45) is -5.89. The number of fused-ring (bicyclic) bond motifs is 3. The van der Waals surface area contributed by atoms with E-state index in [1.165, 1.54) is 27.7 Å². The van der Waals surface area contributed by atoms with E-state index in [2.05, 4.69) is 6.58 Å². The lowest BCUT2D eigenvalue weighted by Crippen LogP contribution is -2.64. The van der Waals surface area contributed by atoms with Gasteiger partial charge in [0.15, 0.2) is 12.2 Å². The third-order valence-corrected chi connectivity index (χ3v) is 11.2. The molecule has 51 heavy (non-hydrogen) atoms. The first-order valence-electron chi connectivity index (χ1n) is 17.4. The smallest absolute Gasteiger partial charge is 0.350 e. The van der Waals surface area contributed by atoms with Crippen LogP contribution in [0.1, 0.15) is 86.3 Å². The maximum Gasteiger partial charge on any atom is 0.350 e. The van der Waals surface area contributed by atoms with Crippen molar-refractivity contribution in [1.82, 2.24) is 4.90 Å². The fourth-order valence-corrected chi connectivity index (χ4v) is 8.78. The minimum atomic E-state index is -1.35. The first-order valence-corrected chi connectivity index (χ1v) is 17.4. The van der Waals surface area contributed by atoms with Crippen LogP contribution >= 0.6 is 0 Å². The normalized spacial score (nSPS) is 31.2. The van der Waals surface area contributed by atoms with Gasteiger partial charge < -0.3 is 28.8 Å². The highest BCUT2D eigenvalue weighted by molar-refractivity contribution is 5.80. The molecular formula is C39H53NO11. The molecule has 1 aromatic rings. The highest BCUT2D eigenvalue weighted by Crippen LogP contribution is 2.60. The van der Waals surface area contributed by atoms with Crippen LogP contribution in [0.15, 0.2) is 53.6 Å². The Morgan fingerprint density at radius 2 is 1.41 bits per heavy atom. The summed E-state index contributed by atoms with van der Waals surface area (Å²) in [5, 5.41) is 12.2. The second-order valence-electron chi connectivity index (χ2n) is 15.2. The molecule has 2 saturated carbocycles. The average molecular weight is 712 g/mol. The van der Waals surface area contributed by atoms with Gasteiger partial charge >= 0.3 is 29.8 Å². The quantitative estimate of drug-likeness (QED) is 0.216. The molecule has 0 aromatic heterocycles. The molecular weight excluding hydrogens is 658 g/mol. The molecule has 12 nitrogen and oxygen atoms in total. The van der Waals surface area contributed by atoms with E-state index in [4.69, 9.17) is 23.7 Å². The van der Waals surface area contributed by atoms with Crippen LogP contribution in [-0.4, -0.2) is 90.6 Å². The number of aliphatic hydroxyl groups excluding tert-OH is 1. The van der Waals surface area contributed by atoms with Gasteiger partial charge in [-0.05, 0) is 73.4 Å². The number of hydrogen-bond acceptors (Lipinski definition) is 12. The third kappa shape index (κ3) is 7.91. The van der Waals surface area contributed by atoms with Crippen LogP contribution in [0.4, 0.5) is 0 Å². The molecule has 10 atom stereocenters. The van der Waals surface area contributed by atoms with E-state index in [9.17, 15) is 29.1 Å². The van der Waals surface area contributed by atoms with Gasteiger partial charge in [-0.25, -0.2) is 4.79 Å². The summed E-state index contributed by atoms with van der Waals surface area (Å²) in [7, 11) is 3.53. The molecule has 3 aliphatic rings. The Kier molecular flexibility index (Phi) is 11.9. The topological polar surface area (TPSA) is 155 Å². The molecule has 2 bridgehead atoms. The van der Waals surface area contributed by atoms with E-state index in [0.29, 0.717) is 29.6 Å². The number of esters is 5. The van der Waals surface area contributed by atoms with Crippen LogP contribution in [-0.2, 0) is 47.7 Å². The van der Waals surface area contributed by atoms with Crippen LogP contribution in [0.5, 0.6) is 0 Å². The molecule has 0 heterocycles. The van der Waals surface area contributed by atoms with Crippen molar-refractivity contribution >= 4 is 29.8 Å². The van der Waals surface area contributed by atoms with Crippen molar-refractivity contribution in [3.05, 3.63) is 59.2 Å². The van der Waals surface area contributed by atoms with Crippen molar-refractivity contribution in [2.75, 3.05) is 14.1 Å². The Balaban J connectivity index is 1.83. The van der Waals surface area contributed by atoms with E-state index < -0.39 is 89.3 Å². The zero-order valence-electron chi connectivity index (χ0n) is 31.4. The highest BCUT2D eigenvalue weighted by atomic mass is 16.6. The fourth-order valence-electron chi connectivity index (χ4n) is 8.78. The summed E-state index contributed by atoms with van der Waals surface area (Å²) < 4.78 is 29.6. The van der Waals surface area contributed by atoms with Crippen molar-refractivity contribution in [2.24, 2.45) is 22.7 Å². The van der Waals surface area contributed by atoms with Crippen molar-refractivity contribution in [2.45, 2.75) is 117 Å². The minimum Gasteiger partial charge on any atom is -0.458 e. The van der Waals surface area contributed by atoms with Gasteiger partial charge in [0, 0.05) is 39.5 Å². The van der Waals surface area contributed by atoms with E-state index in [1.807, 2.05) is 51.1 Å². The number of nitrogens with zero attached hydrogens (tertiary/aromatic N) is 1. The predicted octanol–water partition coefficient (Wildman–Crippen LogP) is 4.64. The lowest BCUT2D eigenvalue weighted by molar-refractivity contribution is -0.207. The zero-order valence-corrected chi connectivity index (χ0v) is 31.4. The van der Waals surface area contributed by atoms with Crippen molar-refractivity contribution in [3.8, 4) is 0 Å². The first kappa shape index (κ1) is 39.8. The van der Waals surface area contributed by atoms with Gasteiger partial charge in [-0.3, -0.25) is 24.1 Å². The number of hydrogen-bond donors (Lipinski definition) is 1. The molecule has 0 saturated heterocycles. The summed E-state index contributed by atoms with van der Waals surface area (Å²) in [5.74, 6) is -4.08. The third-order valence-electron chi connectivity index (χ3n) is 11.2. The van der Waals surface area contributed by atoms with Crippen LogP contribution in [0, 0.1) is 22.7 Å². The molecule has 280 valence electrons. The molecule has 3 unspecified atom stereocenters.